The molecule has 2 N–H and O–H groups in total. The molecule has 17 heavy (non-hydrogen) atoms. The van der Waals surface area contributed by atoms with E-state index >= 15 is 0 Å². The maximum Gasteiger partial charge on any atom is 0.407 e. The van der Waals surface area contributed by atoms with Crippen LogP contribution in [0.3, 0.4) is 0 Å². The van der Waals surface area contributed by atoms with Crippen LogP contribution in [0.15, 0.2) is 30.3 Å². The molecule has 0 fully saturated rings. The number of carbonyl (C=O) groups excluding carboxylic acids is 1. The molecule has 0 radical (unpaired) electrons. The summed E-state index contributed by atoms with van der Waals surface area (Å²) in [6.45, 7) is 3.21. The summed E-state index contributed by atoms with van der Waals surface area (Å²) in [7, 11) is 1.84. The number of ether oxygens (including phenoxy) is 1. The van der Waals surface area contributed by atoms with Gasteiger partial charge in [-0.2, -0.15) is 0 Å². The van der Waals surface area contributed by atoms with E-state index in [4.69, 9.17) is 4.74 Å². The molecule has 0 heterocycles. The lowest BCUT2D eigenvalue weighted by molar-refractivity contribution is 0.107. The summed E-state index contributed by atoms with van der Waals surface area (Å²) >= 11 is 0. The van der Waals surface area contributed by atoms with Gasteiger partial charge in [0.1, 0.15) is 6.10 Å². The zero-order valence-electron chi connectivity index (χ0n) is 10.4. The van der Waals surface area contributed by atoms with Crippen molar-refractivity contribution in [2.45, 2.75) is 19.4 Å². The van der Waals surface area contributed by atoms with Crippen LogP contribution in [-0.4, -0.2) is 32.3 Å². The number of hydrogen-bond acceptors (Lipinski definition) is 3. The topological polar surface area (TPSA) is 50.4 Å². The third-order valence-electron chi connectivity index (χ3n) is 2.32. The van der Waals surface area contributed by atoms with Crippen molar-refractivity contribution in [2.75, 3.05) is 20.1 Å². The summed E-state index contributed by atoms with van der Waals surface area (Å²) in [5.41, 5.74) is 1.17. The Morgan fingerprint density at radius 2 is 2.00 bits per heavy atom. The van der Waals surface area contributed by atoms with Crippen LogP contribution in [0.2, 0.25) is 0 Å². The molecule has 0 aromatic heterocycles. The maximum atomic E-state index is 11.4. The number of hydrogen-bond donors (Lipinski definition) is 2. The normalized spacial score (nSPS) is 11.9. The predicted octanol–water partition coefficient (Wildman–Crippen LogP) is 1.56. The summed E-state index contributed by atoms with van der Waals surface area (Å²) in [4.78, 5) is 11.4. The molecule has 1 rings (SSSR count). The Bertz CT molecular complexity index is 327. The van der Waals surface area contributed by atoms with E-state index in [0.29, 0.717) is 6.54 Å². The molecule has 1 amide bonds. The Balaban J connectivity index is 2.25. The summed E-state index contributed by atoms with van der Waals surface area (Å²) < 4.78 is 5.22. The Morgan fingerprint density at radius 3 is 2.65 bits per heavy atom. The fourth-order valence-electron chi connectivity index (χ4n) is 1.50. The van der Waals surface area contributed by atoms with Crippen LogP contribution in [0.4, 0.5) is 4.79 Å². The van der Waals surface area contributed by atoms with E-state index in [9.17, 15) is 4.79 Å². The van der Waals surface area contributed by atoms with Gasteiger partial charge in [0.15, 0.2) is 0 Å². The standard InChI is InChI=1S/C13H20N2O2/c1-11(10-12-6-4-3-5-7-12)17-13(16)15-9-8-14-2/h3-7,11,14H,8-10H2,1-2H3,(H,15,16). The van der Waals surface area contributed by atoms with Gasteiger partial charge in [-0.25, -0.2) is 4.79 Å². The van der Waals surface area contributed by atoms with Crippen LogP contribution >= 0.6 is 0 Å². The van der Waals surface area contributed by atoms with E-state index in [1.165, 1.54) is 5.56 Å². The molecule has 0 saturated carbocycles. The fourth-order valence-corrected chi connectivity index (χ4v) is 1.50. The zero-order chi connectivity index (χ0) is 12.5. The largest absolute Gasteiger partial charge is 0.446 e. The minimum absolute atomic E-state index is 0.119. The van der Waals surface area contributed by atoms with Crippen LogP contribution in [0.25, 0.3) is 0 Å². The molecule has 4 heteroatoms. The lowest BCUT2D eigenvalue weighted by Crippen LogP contribution is -2.33. The fraction of sp³-hybridized carbons (Fsp3) is 0.462. The van der Waals surface area contributed by atoms with Gasteiger partial charge < -0.3 is 15.4 Å². The molecule has 1 unspecified atom stereocenters. The molecule has 1 atom stereocenters. The predicted molar refractivity (Wildman–Crippen MR) is 68.0 cm³/mol. The second-order valence-corrected chi connectivity index (χ2v) is 3.94. The first-order valence-corrected chi connectivity index (χ1v) is 5.85. The molecule has 0 spiro atoms. The zero-order valence-corrected chi connectivity index (χ0v) is 10.4. The Labute approximate surface area is 102 Å². The highest BCUT2D eigenvalue weighted by atomic mass is 16.6. The number of likely N-dealkylation sites (N-methyl/N-ethyl adjacent to an activating group) is 1. The highest BCUT2D eigenvalue weighted by Crippen LogP contribution is 2.05. The quantitative estimate of drug-likeness (QED) is 0.737. The van der Waals surface area contributed by atoms with Crippen molar-refractivity contribution >= 4 is 6.09 Å². The number of alkyl carbamates (subject to hydrolysis) is 1. The molecule has 4 nitrogen and oxygen atoms in total. The second-order valence-electron chi connectivity index (χ2n) is 3.94. The van der Waals surface area contributed by atoms with Gasteiger partial charge in [0.2, 0.25) is 0 Å². The van der Waals surface area contributed by atoms with Gasteiger partial charge in [0.05, 0.1) is 0 Å². The van der Waals surface area contributed by atoms with Crippen molar-refractivity contribution in [2.24, 2.45) is 0 Å². The molecule has 0 aliphatic heterocycles. The average Bonchev–Trinajstić information content (AvgIpc) is 2.30. The number of rotatable bonds is 6. The molecule has 1 aromatic rings. The summed E-state index contributed by atoms with van der Waals surface area (Å²) in [5.74, 6) is 0. The van der Waals surface area contributed by atoms with Gasteiger partial charge in [-0.1, -0.05) is 30.3 Å². The monoisotopic (exact) mass is 236 g/mol. The molecular formula is C13H20N2O2. The van der Waals surface area contributed by atoms with Crippen LogP contribution < -0.4 is 10.6 Å². The molecule has 0 aliphatic carbocycles. The van der Waals surface area contributed by atoms with Crippen LogP contribution in [-0.2, 0) is 11.2 Å². The second kappa shape index (κ2) is 7.68. The Kier molecular flexibility index (Phi) is 6.10. The van der Waals surface area contributed by atoms with E-state index < -0.39 is 0 Å². The average molecular weight is 236 g/mol. The van der Waals surface area contributed by atoms with Crippen LogP contribution in [0.5, 0.6) is 0 Å². The van der Waals surface area contributed by atoms with Crippen molar-refractivity contribution in [1.29, 1.82) is 0 Å². The lowest BCUT2D eigenvalue weighted by Gasteiger charge is -2.13. The van der Waals surface area contributed by atoms with Crippen LogP contribution in [0, 0.1) is 0 Å². The van der Waals surface area contributed by atoms with Gasteiger partial charge >= 0.3 is 6.09 Å². The minimum Gasteiger partial charge on any atom is -0.446 e. The summed E-state index contributed by atoms with van der Waals surface area (Å²) in [6.07, 6.45) is 0.260. The highest BCUT2D eigenvalue weighted by molar-refractivity contribution is 5.67. The summed E-state index contributed by atoms with van der Waals surface area (Å²) in [5, 5.41) is 5.62. The first-order chi connectivity index (χ1) is 8.22. The van der Waals surface area contributed by atoms with Crippen molar-refractivity contribution < 1.29 is 9.53 Å². The van der Waals surface area contributed by atoms with E-state index in [0.717, 1.165) is 13.0 Å². The third-order valence-corrected chi connectivity index (χ3v) is 2.32. The first kappa shape index (κ1) is 13.5. The number of carbonyl (C=O) groups is 1. The lowest BCUT2D eigenvalue weighted by atomic mass is 10.1. The van der Waals surface area contributed by atoms with Crippen molar-refractivity contribution in [1.82, 2.24) is 10.6 Å². The van der Waals surface area contributed by atoms with E-state index in [1.54, 1.807) is 0 Å². The molecule has 94 valence electrons. The number of amides is 1. The van der Waals surface area contributed by atoms with Crippen molar-refractivity contribution in [3.05, 3.63) is 35.9 Å². The van der Waals surface area contributed by atoms with Crippen LogP contribution in [0.1, 0.15) is 12.5 Å². The SMILES string of the molecule is CNCCNC(=O)OC(C)Cc1ccccc1. The van der Waals surface area contributed by atoms with Gasteiger partial charge in [-0.05, 0) is 19.5 Å². The smallest absolute Gasteiger partial charge is 0.407 e. The Hall–Kier alpha value is -1.55. The van der Waals surface area contributed by atoms with Gasteiger partial charge in [0.25, 0.3) is 0 Å². The van der Waals surface area contributed by atoms with Crippen molar-refractivity contribution in [3.63, 3.8) is 0 Å². The van der Waals surface area contributed by atoms with E-state index in [2.05, 4.69) is 10.6 Å². The molecule has 0 bridgehead atoms. The number of nitrogens with one attached hydrogen (secondary N) is 2. The first-order valence-electron chi connectivity index (χ1n) is 5.85. The van der Waals surface area contributed by atoms with Gasteiger partial charge in [-0.15, -0.1) is 0 Å². The van der Waals surface area contributed by atoms with E-state index in [1.807, 2.05) is 44.3 Å². The maximum absolute atomic E-state index is 11.4. The Morgan fingerprint density at radius 1 is 1.29 bits per heavy atom. The third kappa shape index (κ3) is 5.92. The van der Waals surface area contributed by atoms with Crippen molar-refractivity contribution in [3.8, 4) is 0 Å². The van der Waals surface area contributed by atoms with Gasteiger partial charge in [0, 0.05) is 19.5 Å². The molecule has 1 aromatic carbocycles. The summed E-state index contributed by atoms with van der Waals surface area (Å²) in [6, 6.07) is 9.99. The van der Waals surface area contributed by atoms with Gasteiger partial charge in [-0.3, -0.25) is 0 Å². The van der Waals surface area contributed by atoms with E-state index in [-0.39, 0.29) is 12.2 Å². The number of benzene rings is 1. The molecule has 0 aliphatic rings. The minimum atomic E-state index is -0.358. The molecule has 0 saturated heterocycles. The molecular weight excluding hydrogens is 216 g/mol. The highest BCUT2D eigenvalue weighted by Gasteiger charge is 2.09.